The molecule has 5 aromatic carbocycles. The third-order valence-corrected chi connectivity index (χ3v) is 6.34. The molecule has 0 aliphatic heterocycles. The largest absolute Gasteiger partial charge is 0.374 e. The Bertz CT molecular complexity index is 1520. The minimum atomic E-state index is 0.0767. The average molecular weight is 437 g/mol. The first-order valence-corrected chi connectivity index (χ1v) is 11.6. The summed E-state index contributed by atoms with van der Waals surface area (Å²) in [7, 11) is 0. The van der Waals surface area contributed by atoms with E-state index in [4.69, 9.17) is 4.98 Å². The van der Waals surface area contributed by atoms with Crippen molar-refractivity contribution in [3.8, 4) is 11.3 Å². The molecule has 0 amide bonds. The van der Waals surface area contributed by atoms with Gasteiger partial charge in [-0.2, -0.15) is 0 Å². The van der Waals surface area contributed by atoms with Gasteiger partial charge in [0, 0.05) is 22.0 Å². The first kappa shape index (κ1) is 20.2. The quantitative estimate of drug-likeness (QED) is 0.275. The van der Waals surface area contributed by atoms with Crippen LogP contribution < -0.4 is 5.32 Å². The van der Waals surface area contributed by atoms with Crippen molar-refractivity contribution in [3.05, 3.63) is 145 Å². The first-order chi connectivity index (χ1) is 16.9. The zero-order chi connectivity index (χ0) is 22.7. The molecular weight excluding hydrogens is 412 g/mol. The SMILES string of the molecule is c1ccc(C(Nc2ccc(-c3nc4ccccc4c4ccccc34)cc2)c2ccccc2)cc1. The highest BCUT2D eigenvalue weighted by Crippen LogP contribution is 2.33. The van der Waals surface area contributed by atoms with Gasteiger partial charge < -0.3 is 5.32 Å². The van der Waals surface area contributed by atoms with Crippen molar-refractivity contribution < 1.29 is 0 Å². The molecule has 1 N–H and O–H groups in total. The molecule has 0 saturated carbocycles. The van der Waals surface area contributed by atoms with E-state index in [2.05, 4.69) is 133 Å². The summed E-state index contributed by atoms with van der Waals surface area (Å²) in [6.07, 6.45) is 0. The summed E-state index contributed by atoms with van der Waals surface area (Å²) in [5, 5.41) is 7.33. The Kier molecular flexibility index (Phi) is 5.25. The van der Waals surface area contributed by atoms with E-state index in [0.717, 1.165) is 22.5 Å². The van der Waals surface area contributed by atoms with Crippen molar-refractivity contribution in [2.24, 2.45) is 0 Å². The Labute approximate surface area is 199 Å². The topological polar surface area (TPSA) is 24.9 Å². The highest BCUT2D eigenvalue weighted by Gasteiger charge is 2.14. The van der Waals surface area contributed by atoms with E-state index in [1.165, 1.54) is 27.3 Å². The molecule has 6 rings (SSSR count). The third kappa shape index (κ3) is 3.80. The number of nitrogens with one attached hydrogen (secondary N) is 1. The van der Waals surface area contributed by atoms with Gasteiger partial charge >= 0.3 is 0 Å². The highest BCUT2D eigenvalue weighted by molar-refractivity contribution is 6.10. The van der Waals surface area contributed by atoms with Crippen molar-refractivity contribution in [1.82, 2.24) is 4.98 Å². The van der Waals surface area contributed by atoms with E-state index in [0.29, 0.717) is 0 Å². The van der Waals surface area contributed by atoms with Crippen molar-refractivity contribution in [1.29, 1.82) is 0 Å². The lowest BCUT2D eigenvalue weighted by Gasteiger charge is -2.21. The van der Waals surface area contributed by atoms with Gasteiger partial charge in [0.15, 0.2) is 0 Å². The number of aromatic nitrogens is 1. The predicted octanol–water partition coefficient (Wildman–Crippen LogP) is 8.26. The Balaban J connectivity index is 1.38. The number of anilines is 1. The normalized spacial score (nSPS) is 11.2. The molecule has 0 spiro atoms. The zero-order valence-corrected chi connectivity index (χ0v) is 18.7. The van der Waals surface area contributed by atoms with Crippen LogP contribution in [0.3, 0.4) is 0 Å². The molecule has 0 saturated heterocycles. The summed E-state index contributed by atoms with van der Waals surface area (Å²) in [6, 6.07) is 46.8. The monoisotopic (exact) mass is 436 g/mol. The number of rotatable bonds is 5. The van der Waals surface area contributed by atoms with Gasteiger partial charge in [-0.3, -0.25) is 0 Å². The molecular formula is C32H24N2. The van der Waals surface area contributed by atoms with Gasteiger partial charge in [0.1, 0.15) is 0 Å². The summed E-state index contributed by atoms with van der Waals surface area (Å²) in [4.78, 5) is 5.04. The van der Waals surface area contributed by atoms with Crippen LogP contribution in [0.4, 0.5) is 5.69 Å². The van der Waals surface area contributed by atoms with Gasteiger partial charge in [0.25, 0.3) is 0 Å². The number of nitrogens with zero attached hydrogens (tertiary/aromatic N) is 1. The van der Waals surface area contributed by atoms with Gasteiger partial charge in [-0.1, -0.05) is 115 Å². The van der Waals surface area contributed by atoms with Crippen molar-refractivity contribution in [2.75, 3.05) is 5.32 Å². The smallest absolute Gasteiger partial charge is 0.0788 e. The molecule has 0 fully saturated rings. The fourth-order valence-corrected chi connectivity index (χ4v) is 4.67. The van der Waals surface area contributed by atoms with Gasteiger partial charge in [-0.15, -0.1) is 0 Å². The average Bonchev–Trinajstić information content (AvgIpc) is 2.93. The predicted molar refractivity (Wildman–Crippen MR) is 143 cm³/mol. The zero-order valence-electron chi connectivity index (χ0n) is 18.7. The van der Waals surface area contributed by atoms with E-state index in [1.807, 2.05) is 6.07 Å². The lowest BCUT2D eigenvalue weighted by molar-refractivity contribution is 0.939. The molecule has 2 heteroatoms. The maximum Gasteiger partial charge on any atom is 0.0788 e. The number of hydrogen-bond acceptors (Lipinski definition) is 2. The minimum Gasteiger partial charge on any atom is -0.374 e. The molecule has 1 heterocycles. The molecule has 2 nitrogen and oxygen atoms in total. The van der Waals surface area contributed by atoms with E-state index in [1.54, 1.807) is 0 Å². The van der Waals surface area contributed by atoms with Crippen molar-refractivity contribution >= 4 is 27.4 Å². The second-order valence-electron chi connectivity index (χ2n) is 8.50. The third-order valence-electron chi connectivity index (χ3n) is 6.34. The van der Waals surface area contributed by atoms with Crippen LogP contribution in [0, 0.1) is 0 Å². The second-order valence-corrected chi connectivity index (χ2v) is 8.50. The van der Waals surface area contributed by atoms with Crippen LogP contribution in [-0.4, -0.2) is 4.98 Å². The number of para-hydroxylation sites is 1. The lowest BCUT2D eigenvalue weighted by atomic mass is 9.98. The van der Waals surface area contributed by atoms with Gasteiger partial charge in [-0.05, 0) is 34.7 Å². The molecule has 0 atom stereocenters. The van der Waals surface area contributed by atoms with E-state index in [9.17, 15) is 0 Å². The fourth-order valence-electron chi connectivity index (χ4n) is 4.67. The highest BCUT2D eigenvalue weighted by atomic mass is 14.9. The maximum atomic E-state index is 5.04. The van der Waals surface area contributed by atoms with Crippen LogP contribution in [0.5, 0.6) is 0 Å². The van der Waals surface area contributed by atoms with E-state index in [-0.39, 0.29) is 6.04 Å². The Morgan fingerprint density at radius 3 is 1.65 bits per heavy atom. The Morgan fingerprint density at radius 2 is 1.00 bits per heavy atom. The van der Waals surface area contributed by atoms with Gasteiger partial charge in [0.05, 0.1) is 17.3 Å². The number of hydrogen-bond donors (Lipinski definition) is 1. The Hall–Kier alpha value is -4.43. The van der Waals surface area contributed by atoms with Crippen LogP contribution in [0.2, 0.25) is 0 Å². The van der Waals surface area contributed by atoms with E-state index >= 15 is 0 Å². The van der Waals surface area contributed by atoms with Crippen molar-refractivity contribution in [3.63, 3.8) is 0 Å². The summed E-state index contributed by atoms with van der Waals surface area (Å²) < 4.78 is 0. The molecule has 6 aromatic rings. The van der Waals surface area contributed by atoms with Gasteiger partial charge in [-0.25, -0.2) is 4.98 Å². The standard InChI is InChI=1S/C32H24N2/c1-3-11-23(12-4-1)31(24-13-5-2-6-14-24)33-26-21-19-25(20-22-26)32-29-17-8-7-15-27(29)28-16-9-10-18-30(28)34-32/h1-22,31,33H. The van der Waals surface area contributed by atoms with Crippen LogP contribution in [0.1, 0.15) is 17.2 Å². The number of benzene rings is 5. The summed E-state index contributed by atoms with van der Waals surface area (Å²) in [5.74, 6) is 0. The van der Waals surface area contributed by atoms with Gasteiger partial charge in [0.2, 0.25) is 0 Å². The van der Waals surface area contributed by atoms with Crippen molar-refractivity contribution in [2.45, 2.75) is 6.04 Å². The number of pyridine rings is 1. The molecule has 0 aliphatic carbocycles. The van der Waals surface area contributed by atoms with E-state index < -0.39 is 0 Å². The van der Waals surface area contributed by atoms with Crippen LogP contribution in [0.15, 0.2) is 133 Å². The molecule has 0 radical (unpaired) electrons. The fraction of sp³-hybridized carbons (Fsp3) is 0.0312. The van der Waals surface area contributed by atoms with Crippen LogP contribution in [0.25, 0.3) is 32.9 Å². The molecule has 162 valence electrons. The number of fused-ring (bicyclic) bond motifs is 3. The van der Waals surface area contributed by atoms with Crippen LogP contribution in [-0.2, 0) is 0 Å². The molecule has 34 heavy (non-hydrogen) atoms. The molecule has 0 aliphatic rings. The lowest BCUT2D eigenvalue weighted by Crippen LogP contribution is -2.12. The molecule has 0 bridgehead atoms. The second kappa shape index (κ2) is 8.84. The first-order valence-electron chi connectivity index (χ1n) is 11.6. The molecule has 0 unspecified atom stereocenters. The summed E-state index contributed by atoms with van der Waals surface area (Å²) in [6.45, 7) is 0. The Morgan fingerprint density at radius 1 is 0.471 bits per heavy atom. The maximum absolute atomic E-state index is 5.04. The minimum absolute atomic E-state index is 0.0767. The molecule has 1 aromatic heterocycles. The summed E-state index contributed by atoms with van der Waals surface area (Å²) >= 11 is 0. The van der Waals surface area contributed by atoms with Crippen LogP contribution >= 0.6 is 0 Å². The summed E-state index contributed by atoms with van der Waals surface area (Å²) in [5.41, 5.74) is 6.70.